The number of aliphatic hydroxyl groups excluding tert-OH is 1. The summed E-state index contributed by atoms with van der Waals surface area (Å²) < 4.78 is 0. The quantitative estimate of drug-likeness (QED) is 0.236. The van der Waals surface area contributed by atoms with Crippen molar-refractivity contribution in [2.24, 2.45) is 5.73 Å². The lowest BCUT2D eigenvalue weighted by molar-refractivity contribution is -0.143. The SMILES string of the molecule is NC(CS)C(=O)N1CCCC1C(=O)NC(CO)C(=O)NC(Cc1ccccc1)C(=O)O. The number of aliphatic hydroxyl groups is 1. The minimum atomic E-state index is -1.36. The molecule has 3 amide bonds. The molecule has 1 saturated heterocycles. The lowest BCUT2D eigenvalue weighted by Crippen LogP contribution is -2.58. The van der Waals surface area contributed by atoms with Crippen molar-refractivity contribution in [2.45, 2.75) is 43.4 Å². The summed E-state index contributed by atoms with van der Waals surface area (Å²) in [6, 6.07) is 4.49. The lowest BCUT2D eigenvalue weighted by atomic mass is 10.1. The molecule has 1 fully saturated rings. The second-order valence-electron chi connectivity index (χ2n) is 7.31. The Morgan fingerprint density at radius 2 is 1.84 bits per heavy atom. The van der Waals surface area contributed by atoms with Crippen molar-refractivity contribution in [1.29, 1.82) is 0 Å². The van der Waals surface area contributed by atoms with Crippen LogP contribution in [0.15, 0.2) is 30.3 Å². The van der Waals surface area contributed by atoms with Crippen LogP contribution in [0.4, 0.5) is 0 Å². The van der Waals surface area contributed by atoms with Crippen molar-refractivity contribution < 1.29 is 29.4 Å². The highest BCUT2D eigenvalue weighted by Crippen LogP contribution is 2.18. The van der Waals surface area contributed by atoms with Gasteiger partial charge in [0.1, 0.15) is 18.1 Å². The first-order valence-electron chi connectivity index (χ1n) is 9.93. The normalized spacial score (nSPS) is 18.7. The number of aliphatic carboxylic acids is 1. The number of hydrogen-bond donors (Lipinski definition) is 6. The van der Waals surface area contributed by atoms with Gasteiger partial charge in [0.2, 0.25) is 17.7 Å². The molecule has 4 atom stereocenters. The zero-order valence-electron chi connectivity index (χ0n) is 16.9. The zero-order chi connectivity index (χ0) is 23.0. The first-order chi connectivity index (χ1) is 14.8. The number of carboxylic acid groups (broad SMARTS) is 1. The molecule has 0 saturated carbocycles. The maximum atomic E-state index is 12.7. The molecule has 31 heavy (non-hydrogen) atoms. The number of benzene rings is 1. The van der Waals surface area contributed by atoms with Crippen molar-refractivity contribution in [1.82, 2.24) is 15.5 Å². The molecule has 0 aliphatic carbocycles. The van der Waals surface area contributed by atoms with Gasteiger partial charge in [-0.1, -0.05) is 30.3 Å². The predicted molar refractivity (Wildman–Crippen MR) is 115 cm³/mol. The molecule has 0 aromatic heterocycles. The lowest BCUT2D eigenvalue weighted by Gasteiger charge is -2.28. The maximum Gasteiger partial charge on any atom is 0.326 e. The van der Waals surface area contributed by atoms with Crippen LogP contribution < -0.4 is 16.4 Å². The van der Waals surface area contributed by atoms with Gasteiger partial charge in [0.15, 0.2) is 0 Å². The number of nitrogens with two attached hydrogens (primary N) is 1. The van der Waals surface area contributed by atoms with E-state index < -0.39 is 54.5 Å². The van der Waals surface area contributed by atoms with Gasteiger partial charge >= 0.3 is 5.97 Å². The Morgan fingerprint density at radius 3 is 2.42 bits per heavy atom. The summed E-state index contributed by atoms with van der Waals surface area (Å²) in [5, 5.41) is 23.8. The van der Waals surface area contributed by atoms with Gasteiger partial charge in [-0.05, 0) is 18.4 Å². The summed E-state index contributed by atoms with van der Waals surface area (Å²) >= 11 is 4.00. The Labute approximate surface area is 185 Å². The van der Waals surface area contributed by atoms with Crippen LogP contribution in [-0.2, 0) is 25.6 Å². The van der Waals surface area contributed by atoms with Crippen LogP contribution >= 0.6 is 12.6 Å². The summed E-state index contributed by atoms with van der Waals surface area (Å²) in [5.74, 6) is -2.97. The minimum Gasteiger partial charge on any atom is -0.480 e. The number of nitrogens with one attached hydrogen (secondary N) is 2. The first kappa shape index (κ1) is 24.6. The predicted octanol–water partition coefficient (Wildman–Crippen LogP) is -1.48. The van der Waals surface area contributed by atoms with Gasteiger partial charge in [0.05, 0.1) is 12.6 Å². The fourth-order valence-electron chi connectivity index (χ4n) is 3.38. The Kier molecular flexibility index (Phi) is 9.28. The fraction of sp³-hybridized carbons (Fsp3) is 0.500. The van der Waals surface area contributed by atoms with Crippen LogP contribution in [0.25, 0.3) is 0 Å². The number of likely N-dealkylation sites (tertiary alicyclic amines) is 1. The molecule has 1 aromatic carbocycles. The molecule has 0 radical (unpaired) electrons. The average molecular weight is 453 g/mol. The average Bonchev–Trinajstić information content (AvgIpc) is 3.26. The minimum absolute atomic E-state index is 0.0422. The van der Waals surface area contributed by atoms with Gasteiger partial charge in [-0.15, -0.1) is 0 Å². The number of carbonyl (C=O) groups is 4. The third-order valence-corrected chi connectivity index (χ3v) is 5.46. The molecule has 1 aromatic rings. The number of nitrogens with zero attached hydrogens (tertiary/aromatic N) is 1. The summed E-state index contributed by atoms with van der Waals surface area (Å²) in [4.78, 5) is 50.5. The van der Waals surface area contributed by atoms with Gasteiger partial charge < -0.3 is 31.5 Å². The van der Waals surface area contributed by atoms with E-state index >= 15 is 0 Å². The van der Waals surface area contributed by atoms with E-state index in [0.29, 0.717) is 24.9 Å². The highest BCUT2D eigenvalue weighted by molar-refractivity contribution is 7.80. The van der Waals surface area contributed by atoms with E-state index in [4.69, 9.17) is 5.73 Å². The topological polar surface area (TPSA) is 162 Å². The van der Waals surface area contributed by atoms with Gasteiger partial charge in [-0.2, -0.15) is 12.6 Å². The van der Waals surface area contributed by atoms with Crippen LogP contribution in [-0.4, -0.2) is 81.9 Å². The number of rotatable bonds is 10. The van der Waals surface area contributed by atoms with E-state index in [1.807, 2.05) is 0 Å². The maximum absolute atomic E-state index is 12.7. The second kappa shape index (κ2) is 11.7. The fourth-order valence-corrected chi connectivity index (χ4v) is 3.53. The summed E-state index contributed by atoms with van der Waals surface area (Å²) in [5.41, 5.74) is 6.43. The molecule has 4 unspecified atom stereocenters. The summed E-state index contributed by atoms with van der Waals surface area (Å²) in [7, 11) is 0. The van der Waals surface area contributed by atoms with Crippen molar-refractivity contribution in [3.05, 3.63) is 35.9 Å². The van der Waals surface area contributed by atoms with E-state index in [2.05, 4.69) is 23.3 Å². The third kappa shape index (κ3) is 6.68. The standard InChI is InChI=1S/C20H28N4O6S/c21-13(11-31)19(28)24-8-4-7-16(24)18(27)23-15(10-25)17(26)22-14(20(29)30)9-12-5-2-1-3-6-12/h1-3,5-6,13-16,25,31H,4,7-11,21H2,(H,22,26)(H,23,27)(H,29,30). The van der Waals surface area contributed by atoms with E-state index in [9.17, 15) is 29.4 Å². The van der Waals surface area contributed by atoms with Crippen LogP contribution in [0.2, 0.25) is 0 Å². The molecule has 170 valence electrons. The van der Waals surface area contributed by atoms with Gasteiger partial charge in [-0.3, -0.25) is 14.4 Å². The summed E-state index contributed by atoms with van der Waals surface area (Å²) in [6.45, 7) is -0.376. The Bertz CT molecular complexity index is 793. The molecular formula is C20H28N4O6S. The number of carboxylic acids is 1. The molecule has 11 heteroatoms. The molecular weight excluding hydrogens is 424 g/mol. The third-order valence-electron chi connectivity index (χ3n) is 5.07. The number of hydrogen-bond acceptors (Lipinski definition) is 7. The number of amides is 3. The molecule has 0 bridgehead atoms. The molecule has 1 aliphatic rings. The van der Waals surface area contributed by atoms with Gasteiger partial charge in [0, 0.05) is 18.7 Å². The highest BCUT2D eigenvalue weighted by atomic mass is 32.1. The molecule has 2 rings (SSSR count). The second-order valence-corrected chi connectivity index (χ2v) is 7.68. The molecule has 10 nitrogen and oxygen atoms in total. The molecule has 0 spiro atoms. The Balaban J connectivity index is 2.01. The smallest absolute Gasteiger partial charge is 0.326 e. The van der Waals surface area contributed by atoms with Crippen molar-refractivity contribution in [2.75, 3.05) is 18.9 Å². The first-order valence-corrected chi connectivity index (χ1v) is 10.6. The molecule has 1 heterocycles. The van der Waals surface area contributed by atoms with E-state index in [-0.39, 0.29) is 12.2 Å². The largest absolute Gasteiger partial charge is 0.480 e. The van der Waals surface area contributed by atoms with E-state index in [1.165, 1.54) is 4.90 Å². The van der Waals surface area contributed by atoms with Gasteiger partial charge in [-0.25, -0.2) is 4.79 Å². The highest BCUT2D eigenvalue weighted by Gasteiger charge is 2.37. The van der Waals surface area contributed by atoms with Gasteiger partial charge in [0.25, 0.3) is 0 Å². The number of thiol groups is 1. The molecule has 1 aliphatic heterocycles. The van der Waals surface area contributed by atoms with Crippen LogP contribution in [0.1, 0.15) is 18.4 Å². The molecule has 6 N–H and O–H groups in total. The van der Waals surface area contributed by atoms with E-state index in [0.717, 1.165) is 0 Å². The Hall–Kier alpha value is -2.63. The van der Waals surface area contributed by atoms with Crippen LogP contribution in [0.5, 0.6) is 0 Å². The van der Waals surface area contributed by atoms with Crippen molar-refractivity contribution in [3.8, 4) is 0 Å². The van der Waals surface area contributed by atoms with Crippen LogP contribution in [0, 0.1) is 0 Å². The summed E-state index contributed by atoms with van der Waals surface area (Å²) in [6.07, 6.45) is 1.03. The Morgan fingerprint density at radius 1 is 1.16 bits per heavy atom. The van der Waals surface area contributed by atoms with Crippen molar-refractivity contribution >= 4 is 36.3 Å². The number of carbonyl (C=O) groups excluding carboxylic acids is 3. The zero-order valence-corrected chi connectivity index (χ0v) is 17.8. The van der Waals surface area contributed by atoms with Crippen molar-refractivity contribution in [3.63, 3.8) is 0 Å². The van der Waals surface area contributed by atoms with E-state index in [1.54, 1.807) is 30.3 Å². The monoisotopic (exact) mass is 452 g/mol. The van der Waals surface area contributed by atoms with Crippen LogP contribution in [0.3, 0.4) is 0 Å².